The number of nitrogens with one attached hydrogen (secondary N) is 1. The van der Waals surface area contributed by atoms with E-state index in [-0.39, 0.29) is 0 Å². The van der Waals surface area contributed by atoms with E-state index in [1.165, 1.54) is 32.2 Å². The molecule has 13 heavy (non-hydrogen) atoms. The zero-order valence-corrected chi connectivity index (χ0v) is 9.11. The van der Waals surface area contributed by atoms with E-state index in [0.29, 0.717) is 5.54 Å². The molecule has 0 aliphatic heterocycles. The van der Waals surface area contributed by atoms with E-state index in [1.54, 1.807) is 11.1 Å². The van der Waals surface area contributed by atoms with Crippen LogP contribution in [0.5, 0.6) is 0 Å². The molecule has 1 heteroatoms. The average molecular weight is 179 g/mol. The molecule has 2 bridgehead atoms. The maximum absolute atomic E-state index is 3.76. The number of allylic oxidation sites excluding steroid dienone is 1. The zero-order valence-electron chi connectivity index (χ0n) is 9.11. The van der Waals surface area contributed by atoms with Crippen LogP contribution in [-0.2, 0) is 0 Å². The van der Waals surface area contributed by atoms with Gasteiger partial charge in [-0.3, -0.25) is 0 Å². The van der Waals surface area contributed by atoms with Crippen LogP contribution < -0.4 is 5.32 Å². The Kier molecular flexibility index (Phi) is 2.23. The van der Waals surface area contributed by atoms with Crippen LogP contribution in [0.3, 0.4) is 0 Å². The van der Waals surface area contributed by atoms with Crippen molar-refractivity contribution in [2.24, 2.45) is 5.92 Å². The largest absolute Gasteiger partial charge is 0.308 e. The summed E-state index contributed by atoms with van der Waals surface area (Å²) in [6.07, 6.45) is 5.42. The van der Waals surface area contributed by atoms with Gasteiger partial charge in [0.2, 0.25) is 0 Å². The van der Waals surface area contributed by atoms with Gasteiger partial charge in [0.05, 0.1) is 0 Å². The van der Waals surface area contributed by atoms with E-state index in [4.69, 9.17) is 0 Å². The average Bonchev–Trinajstić information content (AvgIpc) is 2.65. The van der Waals surface area contributed by atoms with Crippen molar-refractivity contribution in [1.82, 2.24) is 5.32 Å². The molecule has 0 aromatic carbocycles. The lowest BCUT2D eigenvalue weighted by Crippen LogP contribution is -2.43. The van der Waals surface area contributed by atoms with Gasteiger partial charge in [0.25, 0.3) is 0 Å². The molecule has 0 aromatic rings. The quantitative estimate of drug-likeness (QED) is 0.657. The summed E-state index contributed by atoms with van der Waals surface area (Å²) in [4.78, 5) is 0. The Morgan fingerprint density at radius 1 is 1.46 bits per heavy atom. The fourth-order valence-electron chi connectivity index (χ4n) is 3.10. The maximum atomic E-state index is 3.76. The highest BCUT2D eigenvalue weighted by atomic mass is 15.0. The predicted molar refractivity (Wildman–Crippen MR) is 56.7 cm³/mol. The normalized spacial score (nSPS) is 37.6. The highest BCUT2D eigenvalue weighted by Gasteiger charge is 2.46. The summed E-state index contributed by atoms with van der Waals surface area (Å²) < 4.78 is 0. The predicted octanol–water partition coefficient (Wildman–Crippen LogP) is 2.87. The molecular formula is C12H21N. The fraction of sp³-hybridized carbons (Fsp3) is 0.833. The lowest BCUT2D eigenvalue weighted by molar-refractivity contribution is 0.397. The van der Waals surface area contributed by atoms with Gasteiger partial charge in [-0.2, -0.15) is 0 Å². The number of rotatable bonds is 3. The van der Waals surface area contributed by atoms with Gasteiger partial charge in [0.15, 0.2) is 0 Å². The van der Waals surface area contributed by atoms with Crippen molar-refractivity contribution in [2.75, 3.05) is 6.54 Å². The van der Waals surface area contributed by atoms with Gasteiger partial charge in [-0.05, 0) is 52.0 Å². The molecule has 74 valence electrons. The second-order valence-corrected chi connectivity index (χ2v) is 4.76. The molecule has 0 amide bonds. The van der Waals surface area contributed by atoms with Crippen LogP contribution in [0.25, 0.3) is 0 Å². The Balaban J connectivity index is 2.15. The summed E-state index contributed by atoms with van der Waals surface area (Å²) in [7, 11) is 0. The molecule has 0 aromatic heterocycles. The van der Waals surface area contributed by atoms with Crippen molar-refractivity contribution < 1.29 is 0 Å². The van der Waals surface area contributed by atoms with E-state index in [1.807, 2.05) is 0 Å². The molecule has 1 fully saturated rings. The summed E-state index contributed by atoms with van der Waals surface area (Å²) in [6.45, 7) is 8.08. The molecule has 2 atom stereocenters. The third-order valence-electron chi connectivity index (χ3n) is 4.15. The Labute approximate surface area is 81.6 Å². The maximum Gasteiger partial charge on any atom is 0.0399 e. The van der Waals surface area contributed by atoms with Crippen molar-refractivity contribution in [3.8, 4) is 0 Å². The lowest BCUT2D eigenvalue weighted by atomic mass is 9.88. The Morgan fingerprint density at radius 2 is 2.23 bits per heavy atom. The molecule has 1 N–H and O–H groups in total. The van der Waals surface area contributed by atoms with Crippen LogP contribution in [0.1, 0.15) is 46.5 Å². The van der Waals surface area contributed by atoms with E-state index in [9.17, 15) is 0 Å². The van der Waals surface area contributed by atoms with Gasteiger partial charge < -0.3 is 5.32 Å². The van der Waals surface area contributed by atoms with Crippen molar-refractivity contribution in [1.29, 1.82) is 0 Å². The summed E-state index contributed by atoms with van der Waals surface area (Å²) in [6, 6.07) is 0. The van der Waals surface area contributed by atoms with Gasteiger partial charge >= 0.3 is 0 Å². The monoisotopic (exact) mass is 179 g/mol. The first-order valence-electron chi connectivity index (χ1n) is 5.62. The van der Waals surface area contributed by atoms with Gasteiger partial charge in [0, 0.05) is 5.54 Å². The van der Waals surface area contributed by atoms with Gasteiger partial charge in [-0.25, -0.2) is 0 Å². The number of hydrogen-bond donors (Lipinski definition) is 1. The highest BCUT2D eigenvalue weighted by molar-refractivity contribution is 5.36. The van der Waals surface area contributed by atoms with Crippen molar-refractivity contribution in [2.45, 2.75) is 52.0 Å². The third kappa shape index (κ3) is 1.25. The third-order valence-corrected chi connectivity index (χ3v) is 4.15. The fourth-order valence-corrected chi connectivity index (χ4v) is 3.10. The molecule has 1 nitrogen and oxygen atoms in total. The smallest absolute Gasteiger partial charge is 0.0399 e. The molecule has 0 spiro atoms. The molecule has 1 saturated carbocycles. The summed E-state index contributed by atoms with van der Waals surface area (Å²) >= 11 is 0. The molecular weight excluding hydrogens is 158 g/mol. The molecule has 2 aliphatic rings. The van der Waals surface area contributed by atoms with Crippen LogP contribution in [0, 0.1) is 5.92 Å². The van der Waals surface area contributed by atoms with E-state index < -0.39 is 0 Å². The van der Waals surface area contributed by atoms with E-state index >= 15 is 0 Å². The Bertz CT molecular complexity index is 242. The van der Waals surface area contributed by atoms with Crippen LogP contribution in [-0.4, -0.2) is 12.1 Å². The lowest BCUT2D eigenvalue weighted by Gasteiger charge is -2.30. The van der Waals surface area contributed by atoms with Crippen LogP contribution in [0.15, 0.2) is 11.1 Å². The molecule has 2 unspecified atom stereocenters. The second-order valence-electron chi connectivity index (χ2n) is 4.76. The highest BCUT2D eigenvalue weighted by Crippen LogP contribution is 2.50. The van der Waals surface area contributed by atoms with Crippen molar-refractivity contribution in [3.63, 3.8) is 0 Å². The SMILES string of the molecule is CCCNC12CCC(C1)C(C)=C2C. The van der Waals surface area contributed by atoms with Crippen LogP contribution >= 0.6 is 0 Å². The van der Waals surface area contributed by atoms with Gasteiger partial charge in [-0.1, -0.05) is 18.1 Å². The van der Waals surface area contributed by atoms with Crippen molar-refractivity contribution >= 4 is 0 Å². The molecule has 2 rings (SSSR count). The first kappa shape index (κ1) is 9.26. The number of hydrogen-bond acceptors (Lipinski definition) is 1. The topological polar surface area (TPSA) is 12.0 Å². The summed E-state index contributed by atoms with van der Waals surface area (Å²) in [5, 5.41) is 3.76. The van der Waals surface area contributed by atoms with Gasteiger partial charge in [0.1, 0.15) is 0 Å². The molecule has 0 saturated heterocycles. The summed E-state index contributed by atoms with van der Waals surface area (Å²) in [5.74, 6) is 0.907. The molecule has 2 aliphatic carbocycles. The minimum atomic E-state index is 0.421. The standard InChI is InChI=1S/C12H21N/c1-4-7-13-12-6-5-11(8-12)9(2)10(12)3/h11,13H,4-8H2,1-3H3. The molecule has 0 radical (unpaired) electrons. The first-order chi connectivity index (χ1) is 6.19. The Hall–Kier alpha value is -0.300. The second kappa shape index (κ2) is 3.13. The Morgan fingerprint density at radius 3 is 2.77 bits per heavy atom. The zero-order chi connectivity index (χ0) is 9.47. The van der Waals surface area contributed by atoms with E-state index in [2.05, 4.69) is 26.1 Å². The summed E-state index contributed by atoms with van der Waals surface area (Å²) in [5.41, 5.74) is 3.75. The first-order valence-corrected chi connectivity index (χ1v) is 5.62. The van der Waals surface area contributed by atoms with Crippen LogP contribution in [0.2, 0.25) is 0 Å². The minimum absolute atomic E-state index is 0.421. The minimum Gasteiger partial charge on any atom is -0.308 e. The number of fused-ring (bicyclic) bond motifs is 2. The van der Waals surface area contributed by atoms with Crippen molar-refractivity contribution in [3.05, 3.63) is 11.1 Å². The van der Waals surface area contributed by atoms with Crippen LogP contribution in [0.4, 0.5) is 0 Å². The van der Waals surface area contributed by atoms with Gasteiger partial charge in [-0.15, -0.1) is 0 Å². The molecule has 0 heterocycles. The van der Waals surface area contributed by atoms with E-state index in [0.717, 1.165) is 5.92 Å².